The molecule has 130 valence electrons. The number of likely N-dealkylation sites (tertiary alicyclic amines) is 1. The molecule has 2 fully saturated rings. The highest BCUT2D eigenvalue weighted by atomic mass is 16.2. The van der Waals surface area contributed by atoms with E-state index in [1.165, 1.54) is 30.6 Å². The summed E-state index contributed by atoms with van der Waals surface area (Å²) in [5.41, 5.74) is 0. The maximum absolute atomic E-state index is 11.8. The van der Waals surface area contributed by atoms with Crippen LogP contribution in [0.4, 0.5) is 0 Å². The fourth-order valence-corrected chi connectivity index (χ4v) is 3.23. The normalized spacial score (nSPS) is 26.3. The predicted molar refractivity (Wildman–Crippen MR) is 91.1 cm³/mol. The van der Waals surface area contributed by atoms with Crippen LogP contribution in [-0.2, 0) is 9.59 Å². The van der Waals surface area contributed by atoms with Crippen molar-refractivity contribution in [3.05, 3.63) is 0 Å². The highest BCUT2D eigenvalue weighted by Crippen LogP contribution is 2.23. The van der Waals surface area contributed by atoms with E-state index in [1.54, 1.807) is 0 Å². The smallest absolute Gasteiger partial charge is 0.229 e. The summed E-state index contributed by atoms with van der Waals surface area (Å²) < 4.78 is 0. The van der Waals surface area contributed by atoms with Crippen LogP contribution >= 0.6 is 0 Å². The van der Waals surface area contributed by atoms with Crippen LogP contribution in [0.25, 0.3) is 0 Å². The summed E-state index contributed by atoms with van der Waals surface area (Å²) in [4.78, 5) is 29.5. The number of nitrogens with one attached hydrogen (secondary N) is 2. The van der Waals surface area contributed by atoms with Crippen molar-refractivity contribution in [3.63, 3.8) is 0 Å². The summed E-state index contributed by atoms with van der Waals surface area (Å²) in [5.74, 6) is 1.50. The van der Waals surface area contributed by atoms with Gasteiger partial charge in [-0.1, -0.05) is 6.92 Å². The minimum absolute atomic E-state index is 0.0596. The highest BCUT2D eigenvalue weighted by molar-refractivity contribution is 5.97. The molecule has 1 saturated carbocycles. The number of hydrogen-bond donors (Lipinski definition) is 2. The lowest BCUT2D eigenvalue weighted by atomic mass is 9.87. The van der Waals surface area contributed by atoms with Gasteiger partial charge in [-0.15, -0.1) is 0 Å². The van der Waals surface area contributed by atoms with Crippen molar-refractivity contribution in [2.24, 2.45) is 10.9 Å². The molecule has 0 unspecified atom stereocenters. The van der Waals surface area contributed by atoms with Crippen molar-refractivity contribution in [3.8, 4) is 0 Å². The van der Waals surface area contributed by atoms with E-state index in [4.69, 9.17) is 0 Å². The molecule has 0 aromatic rings. The van der Waals surface area contributed by atoms with Gasteiger partial charge in [-0.2, -0.15) is 0 Å². The predicted octanol–water partition coefficient (Wildman–Crippen LogP) is 1.66. The molecule has 1 aliphatic carbocycles. The van der Waals surface area contributed by atoms with Gasteiger partial charge in [0.05, 0.1) is 6.54 Å². The van der Waals surface area contributed by atoms with Crippen LogP contribution in [0, 0.1) is 5.92 Å². The Morgan fingerprint density at radius 2 is 1.83 bits per heavy atom. The number of guanidine groups is 1. The van der Waals surface area contributed by atoms with E-state index in [2.05, 4.69) is 22.5 Å². The number of rotatable bonds is 5. The lowest BCUT2D eigenvalue weighted by molar-refractivity contribution is -0.147. The number of carbonyl (C=O) groups excluding carboxylic acids is 2. The second-order valence-corrected chi connectivity index (χ2v) is 6.65. The maximum Gasteiger partial charge on any atom is 0.229 e. The molecule has 2 aliphatic rings. The molecule has 6 nitrogen and oxygen atoms in total. The molecule has 0 radical (unpaired) electrons. The summed E-state index contributed by atoms with van der Waals surface area (Å²) in [7, 11) is 0. The third kappa shape index (κ3) is 5.52. The fourth-order valence-electron chi connectivity index (χ4n) is 3.23. The molecule has 0 atom stereocenters. The van der Waals surface area contributed by atoms with Crippen molar-refractivity contribution in [1.82, 2.24) is 15.5 Å². The number of piperidine rings is 1. The minimum atomic E-state index is -0.0596. The van der Waals surface area contributed by atoms with Gasteiger partial charge < -0.3 is 10.6 Å². The Morgan fingerprint density at radius 3 is 2.43 bits per heavy atom. The zero-order valence-electron chi connectivity index (χ0n) is 14.4. The minimum Gasteiger partial charge on any atom is -0.357 e. The van der Waals surface area contributed by atoms with Crippen molar-refractivity contribution < 1.29 is 9.59 Å². The molecule has 2 amide bonds. The topological polar surface area (TPSA) is 73.8 Å². The van der Waals surface area contributed by atoms with Gasteiger partial charge in [0.1, 0.15) is 0 Å². The summed E-state index contributed by atoms with van der Waals surface area (Å²) in [6, 6.07) is 0.474. The van der Waals surface area contributed by atoms with Gasteiger partial charge in [-0.05, 0) is 44.9 Å². The lowest BCUT2D eigenvalue weighted by Crippen LogP contribution is -2.45. The summed E-state index contributed by atoms with van der Waals surface area (Å²) in [6.45, 7) is 5.99. The van der Waals surface area contributed by atoms with E-state index < -0.39 is 0 Å². The van der Waals surface area contributed by atoms with E-state index in [-0.39, 0.29) is 11.8 Å². The van der Waals surface area contributed by atoms with Crippen LogP contribution in [0.3, 0.4) is 0 Å². The van der Waals surface area contributed by atoms with Crippen LogP contribution < -0.4 is 10.6 Å². The molecular weight excluding hydrogens is 292 g/mol. The van der Waals surface area contributed by atoms with Crippen LogP contribution in [0.1, 0.15) is 58.8 Å². The molecule has 0 spiro atoms. The number of imide groups is 1. The van der Waals surface area contributed by atoms with Crippen molar-refractivity contribution in [2.45, 2.75) is 64.8 Å². The van der Waals surface area contributed by atoms with E-state index in [9.17, 15) is 9.59 Å². The lowest BCUT2D eigenvalue weighted by Gasteiger charge is -2.28. The highest BCUT2D eigenvalue weighted by Gasteiger charge is 2.25. The average molecular weight is 322 g/mol. The Morgan fingerprint density at radius 1 is 1.17 bits per heavy atom. The van der Waals surface area contributed by atoms with Crippen LogP contribution in [0.5, 0.6) is 0 Å². The quantitative estimate of drug-likeness (QED) is 0.459. The molecule has 1 saturated heterocycles. The number of aliphatic imine (C=N–C) groups is 1. The first-order valence-corrected chi connectivity index (χ1v) is 8.98. The van der Waals surface area contributed by atoms with E-state index >= 15 is 0 Å². The maximum atomic E-state index is 11.8. The third-order valence-corrected chi connectivity index (χ3v) is 4.68. The van der Waals surface area contributed by atoms with Gasteiger partial charge in [-0.25, -0.2) is 0 Å². The SMILES string of the molecule is CCNC(=NCCN1C(=O)CCCC1=O)NC1CCC(C)CC1. The molecule has 1 aliphatic heterocycles. The van der Waals surface area contributed by atoms with Crippen LogP contribution in [0.2, 0.25) is 0 Å². The van der Waals surface area contributed by atoms with E-state index in [0.717, 1.165) is 18.4 Å². The first-order valence-electron chi connectivity index (χ1n) is 8.98. The van der Waals surface area contributed by atoms with Crippen LogP contribution in [-0.4, -0.2) is 48.3 Å². The standard InChI is InChI=1S/C17H30N4O2/c1-3-18-17(20-14-9-7-13(2)8-10-14)19-11-12-21-15(22)5-4-6-16(21)23/h13-14H,3-12H2,1-2H3,(H2,18,19,20). The number of carbonyl (C=O) groups is 2. The Labute approximate surface area is 139 Å². The summed E-state index contributed by atoms with van der Waals surface area (Å²) in [6.07, 6.45) is 6.51. The average Bonchev–Trinajstić information content (AvgIpc) is 2.52. The van der Waals surface area contributed by atoms with Gasteiger partial charge in [0, 0.05) is 32.0 Å². The molecule has 2 rings (SSSR count). The van der Waals surface area contributed by atoms with E-state index in [1.807, 2.05) is 6.92 Å². The Bertz CT molecular complexity index is 426. The zero-order chi connectivity index (χ0) is 16.7. The second kappa shape index (κ2) is 8.89. The molecule has 1 heterocycles. The van der Waals surface area contributed by atoms with E-state index in [0.29, 0.717) is 38.4 Å². The molecule has 2 N–H and O–H groups in total. The largest absolute Gasteiger partial charge is 0.357 e. The Hall–Kier alpha value is -1.59. The number of hydrogen-bond acceptors (Lipinski definition) is 3. The summed E-state index contributed by atoms with van der Waals surface area (Å²) in [5, 5.41) is 6.74. The molecule has 23 heavy (non-hydrogen) atoms. The third-order valence-electron chi connectivity index (χ3n) is 4.68. The van der Waals surface area contributed by atoms with Gasteiger partial charge >= 0.3 is 0 Å². The second-order valence-electron chi connectivity index (χ2n) is 6.65. The Balaban J connectivity index is 1.83. The van der Waals surface area contributed by atoms with Gasteiger partial charge in [0.15, 0.2) is 5.96 Å². The number of amides is 2. The van der Waals surface area contributed by atoms with Gasteiger partial charge in [-0.3, -0.25) is 19.5 Å². The van der Waals surface area contributed by atoms with Crippen molar-refractivity contribution in [1.29, 1.82) is 0 Å². The Kier molecular flexibility index (Phi) is 6.86. The van der Waals surface area contributed by atoms with Crippen molar-refractivity contribution in [2.75, 3.05) is 19.6 Å². The van der Waals surface area contributed by atoms with Gasteiger partial charge in [0.25, 0.3) is 0 Å². The van der Waals surface area contributed by atoms with Crippen molar-refractivity contribution >= 4 is 17.8 Å². The molecule has 0 aromatic heterocycles. The molecular formula is C17H30N4O2. The van der Waals surface area contributed by atoms with Crippen LogP contribution in [0.15, 0.2) is 4.99 Å². The zero-order valence-corrected chi connectivity index (χ0v) is 14.4. The first kappa shape index (κ1) is 17.8. The fraction of sp³-hybridized carbons (Fsp3) is 0.824. The number of nitrogens with zero attached hydrogens (tertiary/aromatic N) is 2. The van der Waals surface area contributed by atoms with Gasteiger partial charge in [0.2, 0.25) is 11.8 Å². The summed E-state index contributed by atoms with van der Waals surface area (Å²) >= 11 is 0. The molecule has 6 heteroatoms. The first-order chi connectivity index (χ1) is 11.1. The monoisotopic (exact) mass is 322 g/mol. The molecule has 0 aromatic carbocycles. The molecule has 0 bridgehead atoms.